The zero-order valence-corrected chi connectivity index (χ0v) is 13.6. The van der Waals surface area contributed by atoms with E-state index in [-0.39, 0.29) is 5.69 Å². The molecule has 2 rings (SSSR count). The van der Waals surface area contributed by atoms with Gasteiger partial charge in [0.25, 0.3) is 5.69 Å². The number of para-hydroxylation sites is 1. The van der Waals surface area contributed by atoms with Crippen molar-refractivity contribution in [2.75, 3.05) is 12.4 Å². The largest absolute Gasteiger partial charge is 0.497 e. The quantitative estimate of drug-likeness (QED) is 0.586. The SMILES string of the molecule is COc1ccc(Br)c(Nc2c(Br)cccc2[N+](=O)[O-])c1. The summed E-state index contributed by atoms with van der Waals surface area (Å²) in [5.41, 5.74) is 1.07. The van der Waals surface area contributed by atoms with Crippen molar-refractivity contribution in [3.63, 3.8) is 0 Å². The molecule has 0 fully saturated rings. The molecule has 0 bridgehead atoms. The Morgan fingerprint density at radius 2 is 1.95 bits per heavy atom. The number of nitrogens with zero attached hydrogens (tertiary/aromatic N) is 1. The summed E-state index contributed by atoms with van der Waals surface area (Å²) >= 11 is 6.72. The van der Waals surface area contributed by atoms with Crippen molar-refractivity contribution in [1.82, 2.24) is 0 Å². The summed E-state index contributed by atoms with van der Waals surface area (Å²) in [5, 5.41) is 14.1. The third-order valence-corrected chi connectivity index (χ3v) is 3.97. The molecule has 0 atom stereocenters. The van der Waals surface area contributed by atoms with Crippen LogP contribution in [0, 0.1) is 10.1 Å². The molecule has 20 heavy (non-hydrogen) atoms. The maximum absolute atomic E-state index is 11.1. The fraction of sp³-hybridized carbons (Fsp3) is 0.0769. The van der Waals surface area contributed by atoms with Crippen LogP contribution in [0.25, 0.3) is 0 Å². The van der Waals surface area contributed by atoms with E-state index in [0.717, 1.165) is 4.47 Å². The Balaban J connectivity index is 2.47. The van der Waals surface area contributed by atoms with Gasteiger partial charge >= 0.3 is 0 Å². The lowest BCUT2D eigenvalue weighted by atomic mass is 10.2. The van der Waals surface area contributed by atoms with Crippen molar-refractivity contribution in [3.8, 4) is 5.75 Å². The molecule has 2 aromatic carbocycles. The van der Waals surface area contributed by atoms with Gasteiger partial charge in [-0.1, -0.05) is 6.07 Å². The highest BCUT2D eigenvalue weighted by atomic mass is 79.9. The van der Waals surface area contributed by atoms with Crippen LogP contribution < -0.4 is 10.1 Å². The predicted molar refractivity (Wildman–Crippen MR) is 84.8 cm³/mol. The Morgan fingerprint density at radius 3 is 2.60 bits per heavy atom. The van der Waals surface area contributed by atoms with Crippen LogP contribution in [0.2, 0.25) is 0 Å². The smallest absolute Gasteiger partial charge is 0.293 e. The van der Waals surface area contributed by atoms with E-state index < -0.39 is 4.92 Å². The van der Waals surface area contributed by atoms with Gasteiger partial charge in [0.05, 0.1) is 17.7 Å². The first-order valence-electron chi connectivity index (χ1n) is 5.56. The highest BCUT2D eigenvalue weighted by molar-refractivity contribution is 9.11. The number of rotatable bonds is 4. The summed E-state index contributed by atoms with van der Waals surface area (Å²) in [5.74, 6) is 0.658. The van der Waals surface area contributed by atoms with E-state index in [1.165, 1.54) is 6.07 Å². The normalized spacial score (nSPS) is 10.2. The predicted octanol–water partition coefficient (Wildman–Crippen LogP) is 4.87. The maximum Gasteiger partial charge on any atom is 0.293 e. The first-order chi connectivity index (χ1) is 9.52. The molecule has 104 valence electrons. The first-order valence-corrected chi connectivity index (χ1v) is 7.15. The van der Waals surface area contributed by atoms with E-state index in [9.17, 15) is 10.1 Å². The van der Waals surface area contributed by atoms with Crippen LogP contribution >= 0.6 is 31.9 Å². The second-order valence-corrected chi connectivity index (χ2v) is 5.57. The Labute approximate surface area is 132 Å². The van der Waals surface area contributed by atoms with Gasteiger partial charge in [0.15, 0.2) is 0 Å². The molecular formula is C13H10Br2N2O3. The van der Waals surface area contributed by atoms with E-state index in [1.54, 1.807) is 31.4 Å². The molecule has 0 unspecified atom stereocenters. The summed E-state index contributed by atoms with van der Waals surface area (Å²) in [7, 11) is 1.56. The third kappa shape index (κ3) is 3.10. The first kappa shape index (κ1) is 14.8. The van der Waals surface area contributed by atoms with Gasteiger partial charge in [-0.3, -0.25) is 10.1 Å². The van der Waals surface area contributed by atoms with Gasteiger partial charge in [0.1, 0.15) is 11.4 Å². The highest BCUT2D eigenvalue weighted by Gasteiger charge is 2.17. The minimum Gasteiger partial charge on any atom is -0.497 e. The molecule has 0 amide bonds. The van der Waals surface area contributed by atoms with E-state index >= 15 is 0 Å². The number of nitro benzene ring substituents is 1. The number of methoxy groups -OCH3 is 1. The van der Waals surface area contributed by atoms with Crippen LogP contribution in [0.5, 0.6) is 5.75 Å². The summed E-state index contributed by atoms with van der Waals surface area (Å²) in [6.45, 7) is 0. The van der Waals surface area contributed by atoms with Crippen LogP contribution in [0.3, 0.4) is 0 Å². The lowest BCUT2D eigenvalue weighted by Crippen LogP contribution is -1.99. The van der Waals surface area contributed by atoms with Gasteiger partial charge in [-0.2, -0.15) is 0 Å². The van der Waals surface area contributed by atoms with Gasteiger partial charge in [-0.25, -0.2) is 0 Å². The molecule has 0 heterocycles. The molecule has 0 aliphatic rings. The minimum absolute atomic E-state index is 0.00547. The topological polar surface area (TPSA) is 64.4 Å². The summed E-state index contributed by atoms with van der Waals surface area (Å²) in [6, 6.07) is 10.2. The monoisotopic (exact) mass is 400 g/mol. The molecule has 7 heteroatoms. The van der Waals surface area contributed by atoms with E-state index in [0.29, 0.717) is 21.6 Å². The number of ether oxygens (including phenoxy) is 1. The number of hydrogen-bond donors (Lipinski definition) is 1. The number of benzene rings is 2. The molecule has 0 spiro atoms. The fourth-order valence-electron chi connectivity index (χ4n) is 1.65. The van der Waals surface area contributed by atoms with Crippen LogP contribution in [-0.2, 0) is 0 Å². The second-order valence-electron chi connectivity index (χ2n) is 3.86. The Morgan fingerprint density at radius 1 is 1.20 bits per heavy atom. The van der Waals surface area contributed by atoms with Crippen molar-refractivity contribution in [1.29, 1.82) is 0 Å². The van der Waals surface area contributed by atoms with E-state index in [2.05, 4.69) is 37.2 Å². The number of nitro groups is 1. The molecule has 0 saturated carbocycles. The van der Waals surface area contributed by atoms with Gasteiger partial charge in [-0.05, 0) is 50.1 Å². The van der Waals surface area contributed by atoms with Crippen LogP contribution in [0.4, 0.5) is 17.1 Å². The molecule has 0 radical (unpaired) electrons. The van der Waals surface area contributed by atoms with Crippen molar-refractivity contribution < 1.29 is 9.66 Å². The highest BCUT2D eigenvalue weighted by Crippen LogP contribution is 2.37. The lowest BCUT2D eigenvalue weighted by Gasteiger charge is -2.12. The standard InChI is InChI=1S/C13H10Br2N2O3/c1-20-8-5-6-9(14)11(7-8)16-13-10(15)3-2-4-12(13)17(18)19/h2-7,16H,1H3. The van der Waals surface area contributed by atoms with Crippen molar-refractivity contribution >= 4 is 48.9 Å². The van der Waals surface area contributed by atoms with Crippen molar-refractivity contribution in [3.05, 3.63) is 55.5 Å². The minimum atomic E-state index is -0.429. The van der Waals surface area contributed by atoms with Crippen molar-refractivity contribution in [2.45, 2.75) is 0 Å². The van der Waals surface area contributed by atoms with Gasteiger partial charge in [-0.15, -0.1) is 0 Å². The molecule has 0 aliphatic carbocycles. The molecule has 0 saturated heterocycles. The molecule has 2 aromatic rings. The summed E-state index contributed by atoms with van der Waals surface area (Å²) < 4.78 is 6.54. The van der Waals surface area contributed by atoms with E-state index in [4.69, 9.17) is 4.74 Å². The Kier molecular flexibility index (Phi) is 4.61. The molecule has 0 aliphatic heterocycles. The average Bonchev–Trinajstić information content (AvgIpc) is 2.43. The van der Waals surface area contributed by atoms with Crippen LogP contribution in [0.1, 0.15) is 0 Å². The molecule has 0 aromatic heterocycles. The molecular weight excluding hydrogens is 392 g/mol. The number of halogens is 2. The van der Waals surface area contributed by atoms with Gasteiger partial charge in [0.2, 0.25) is 0 Å². The number of nitrogens with one attached hydrogen (secondary N) is 1. The Hall–Kier alpha value is -1.60. The van der Waals surface area contributed by atoms with Crippen molar-refractivity contribution in [2.24, 2.45) is 0 Å². The van der Waals surface area contributed by atoms with Gasteiger partial charge < -0.3 is 10.1 Å². The Bertz CT molecular complexity index is 662. The summed E-state index contributed by atoms with van der Waals surface area (Å²) in [6.07, 6.45) is 0. The third-order valence-electron chi connectivity index (χ3n) is 2.62. The van der Waals surface area contributed by atoms with Gasteiger partial charge in [0, 0.05) is 21.1 Å². The molecule has 1 N–H and O–H groups in total. The second kappa shape index (κ2) is 6.23. The molecule has 5 nitrogen and oxygen atoms in total. The zero-order chi connectivity index (χ0) is 14.7. The zero-order valence-electron chi connectivity index (χ0n) is 10.4. The maximum atomic E-state index is 11.1. The van der Waals surface area contributed by atoms with Crippen LogP contribution in [-0.4, -0.2) is 12.0 Å². The lowest BCUT2D eigenvalue weighted by molar-refractivity contribution is -0.384. The fourth-order valence-corrected chi connectivity index (χ4v) is 2.45. The average molecular weight is 402 g/mol. The number of hydrogen-bond acceptors (Lipinski definition) is 4. The van der Waals surface area contributed by atoms with E-state index in [1.807, 2.05) is 6.07 Å². The van der Waals surface area contributed by atoms with Crippen LogP contribution in [0.15, 0.2) is 45.3 Å². The summed E-state index contributed by atoms with van der Waals surface area (Å²) in [4.78, 5) is 10.7. The number of anilines is 2.